The van der Waals surface area contributed by atoms with Crippen molar-refractivity contribution in [1.82, 2.24) is 10.2 Å². The fourth-order valence-electron chi connectivity index (χ4n) is 2.09. The minimum absolute atomic E-state index is 0.605. The van der Waals surface area contributed by atoms with Crippen LogP contribution in [0.2, 0.25) is 0 Å². The minimum atomic E-state index is 0.605. The Morgan fingerprint density at radius 3 is 1.87 bits per heavy atom. The molecule has 0 saturated heterocycles. The third kappa shape index (κ3) is 6.16. The van der Waals surface area contributed by atoms with E-state index < -0.39 is 0 Å². The van der Waals surface area contributed by atoms with Crippen LogP contribution in [0.15, 0.2) is 0 Å². The molecule has 0 amide bonds. The van der Waals surface area contributed by atoms with Crippen LogP contribution in [0.4, 0.5) is 0 Å². The molecule has 0 bridgehead atoms. The first-order chi connectivity index (χ1) is 6.88. The van der Waals surface area contributed by atoms with Crippen LogP contribution in [0.5, 0.6) is 0 Å². The molecule has 0 aliphatic rings. The van der Waals surface area contributed by atoms with E-state index in [4.69, 9.17) is 0 Å². The highest BCUT2D eigenvalue weighted by Crippen LogP contribution is 2.13. The van der Waals surface area contributed by atoms with Crippen LogP contribution in [0.1, 0.15) is 48.0 Å². The minimum Gasteiger partial charge on any atom is -0.317 e. The Hall–Kier alpha value is -0.0800. The van der Waals surface area contributed by atoms with Gasteiger partial charge >= 0.3 is 0 Å². The molecule has 0 heterocycles. The van der Waals surface area contributed by atoms with Crippen molar-refractivity contribution < 1.29 is 0 Å². The molecule has 15 heavy (non-hydrogen) atoms. The molecule has 0 radical (unpaired) electrons. The highest BCUT2D eigenvalue weighted by atomic mass is 15.2. The third-order valence-corrected chi connectivity index (χ3v) is 2.99. The fourth-order valence-corrected chi connectivity index (χ4v) is 2.09. The SMILES string of the molecule is CNC(C)CC(C)N(CC(C)C)C(C)C. The molecule has 0 rings (SSSR count). The van der Waals surface area contributed by atoms with E-state index in [1.54, 1.807) is 0 Å². The van der Waals surface area contributed by atoms with E-state index in [0.717, 1.165) is 5.92 Å². The van der Waals surface area contributed by atoms with Gasteiger partial charge in [0.1, 0.15) is 0 Å². The van der Waals surface area contributed by atoms with Gasteiger partial charge in [0.15, 0.2) is 0 Å². The Balaban J connectivity index is 4.22. The van der Waals surface area contributed by atoms with Crippen LogP contribution in [0.25, 0.3) is 0 Å². The Morgan fingerprint density at radius 2 is 1.53 bits per heavy atom. The second-order valence-corrected chi connectivity index (χ2v) is 5.46. The van der Waals surface area contributed by atoms with E-state index in [-0.39, 0.29) is 0 Å². The lowest BCUT2D eigenvalue weighted by Crippen LogP contribution is -2.43. The van der Waals surface area contributed by atoms with Gasteiger partial charge in [-0.1, -0.05) is 13.8 Å². The van der Waals surface area contributed by atoms with Gasteiger partial charge in [-0.2, -0.15) is 0 Å². The Labute approximate surface area is 96.4 Å². The molecule has 2 unspecified atom stereocenters. The standard InChI is InChI=1S/C13H30N2/c1-10(2)9-15(11(3)4)13(6)8-12(5)14-7/h10-14H,8-9H2,1-7H3. The molecule has 0 aliphatic carbocycles. The van der Waals surface area contributed by atoms with Crippen LogP contribution in [0, 0.1) is 5.92 Å². The predicted molar refractivity (Wildman–Crippen MR) is 69.3 cm³/mol. The van der Waals surface area contributed by atoms with Crippen molar-refractivity contribution >= 4 is 0 Å². The molecule has 0 aromatic heterocycles. The van der Waals surface area contributed by atoms with Crippen LogP contribution in [-0.4, -0.2) is 36.6 Å². The summed E-state index contributed by atoms with van der Waals surface area (Å²) in [5, 5.41) is 3.32. The van der Waals surface area contributed by atoms with Crippen LogP contribution in [0.3, 0.4) is 0 Å². The second kappa shape index (κ2) is 7.24. The molecule has 0 fully saturated rings. The van der Waals surface area contributed by atoms with E-state index in [1.807, 2.05) is 7.05 Å². The summed E-state index contributed by atoms with van der Waals surface area (Å²) in [5.41, 5.74) is 0. The lowest BCUT2D eigenvalue weighted by molar-refractivity contribution is 0.132. The van der Waals surface area contributed by atoms with Gasteiger partial charge in [-0.25, -0.2) is 0 Å². The van der Waals surface area contributed by atoms with E-state index in [0.29, 0.717) is 18.1 Å². The zero-order chi connectivity index (χ0) is 12.0. The molecule has 92 valence electrons. The van der Waals surface area contributed by atoms with Crippen molar-refractivity contribution in [3.8, 4) is 0 Å². The van der Waals surface area contributed by atoms with Crippen molar-refractivity contribution in [3.63, 3.8) is 0 Å². The van der Waals surface area contributed by atoms with E-state index in [9.17, 15) is 0 Å². The number of hydrogen-bond donors (Lipinski definition) is 1. The van der Waals surface area contributed by atoms with Gasteiger partial charge in [0.2, 0.25) is 0 Å². The number of nitrogens with zero attached hydrogens (tertiary/aromatic N) is 1. The first-order valence-electron chi connectivity index (χ1n) is 6.31. The van der Waals surface area contributed by atoms with Gasteiger partial charge in [0.25, 0.3) is 0 Å². The first-order valence-corrected chi connectivity index (χ1v) is 6.31. The maximum absolute atomic E-state index is 3.32. The van der Waals surface area contributed by atoms with Crippen LogP contribution >= 0.6 is 0 Å². The summed E-state index contributed by atoms with van der Waals surface area (Å²) in [5.74, 6) is 0.750. The van der Waals surface area contributed by atoms with Crippen molar-refractivity contribution in [2.24, 2.45) is 5.92 Å². The van der Waals surface area contributed by atoms with Crippen LogP contribution < -0.4 is 5.32 Å². The summed E-state index contributed by atoms with van der Waals surface area (Å²) in [7, 11) is 2.04. The Kier molecular flexibility index (Phi) is 7.20. The van der Waals surface area contributed by atoms with Crippen LogP contribution in [-0.2, 0) is 0 Å². The largest absolute Gasteiger partial charge is 0.317 e. The molecule has 0 spiro atoms. The Bertz CT molecular complexity index is 155. The predicted octanol–water partition coefficient (Wildman–Crippen LogP) is 2.74. The maximum Gasteiger partial charge on any atom is 0.00844 e. The zero-order valence-electron chi connectivity index (χ0n) is 11.7. The molecule has 0 aliphatic heterocycles. The molecule has 0 aromatic rings. The first kappa shape index (κ1) is 14.9. The van der Waals surface area contributed by atoms with Gasteiger partial charge in [0.05, 0.1) is 0 Å². The third-order valence-electron chi connectivity index (χ3n) is 2.99. The lowest BCUT2D eigenvalue weighted by Gasteiger charge is -2.35. The smallest absolute Gasteiger partial charge is 0.00844 e. The second-order valence-electron chi connectivity index (χ2n) is 5.46. The zero-order valence-corrected chi connectivity index (χ0v) is 11.7. The van der Waals surface area contributed by atoms with Gasteiger partial charge in [-0.05, 0) is 47.1 Å². The van der Waals surface area contributed by atoms with Gasteiger partial charge in [-0.15, -0.1) is 0 Å². The molecule has 0 saturated carbocycles. The number of nitrogens with one attached hydrogen (secondary N) is 1. The Morgan fingerprint density at radius 1 is 1.00 bits per heavy atom. The number of hydrogen-bond acceptors (Lipinski definition) is 2. The number of rotatable bonds is 7. The molecular weight excluding hydrogens is 184 g/mol. The van der Waals surface area contributed by atoms with E-state index >= 15 is 0 Å². The fraction of sp³-hybridized carbons (Fsp3) is 1.00. The summed E-state index contributed by atoms with van der Waals surface area (Å²) in [6.07, 6.45) is 1.22. The molecular formula is C13H30N2. The van der Waals surface area contributed by atoms with E-state index in [1.165, 1.54) is 13.0 Å². The normalized spacial score (nSPS) is 16.4. The summed E-state index contributed by atoms with van der Waals surface area (Å²) in [6, 6.07) is 1.91. The summed E-state index contributed by atoms with van der Waals surface area (Å²) in [4.78, 5) is 2.61. The topological polar surface area (TPSA) is 15.3 Å². The lowest BCUT2D eigenvalue weighted by atomic mass is 10.0. The molecule has 0 aromatic carbocycles. The molecule has 2 heteroatoms. The average molecular weight is 214 g/mol. The van der Waals surface area contributed by atoms with Crippen molar-refractivity contribution in [2.45, 2.75) is 66.1 Å². The summed E-state index contributed by atoms with van der Waals surface area (Å²) in [6.45, 7) is 15.0. The monoisotopic (exact) mass is 214 g/mol. The quantitative estimate of drug-likeness (QED) is 0.701. The molecule has 2 atom stereocenters. The summed E-state index contributed by atoms with van der Waals surface area (Å²) >= 11 is 0. The maximum atomic E-state index is 3.32. The van der Waals surface area contributed by atoms with Crippen molar-refractivity contribution in [2.75, 3.05) is 13.6 Å². The van der Waals surface area contributed by atoms with Gasteiger partial charge < -0.3 is 5.32 Å². The average Bonchev–Trinajstić information content (AvgIpc) is 2.12. The van der Waals surface area contributed by atoms with E-state index in [2.05, 4.69) is 51.8 Å². The molecule has 2 nitrogen and oxygen atoms in total. The van der Waals surface area contributed by atoms with Crippen molar-refractivity contribution in [3.05, 3.63) is 0 Å². The molecule has 1 N–H and O–H groups in total. The van der Waals surface area contributed by atoms with Gasteiger partial charge in [0, 0.05) is 24.7 Å². The van der Waals surface area contributed by atoms with Crippen molar-refractivity contribution in [1.29, 1.82) is 0 Å². The highest BCUT2D eigenvalue weighted by molar-refractivity contribution is 4.75. The highest BCUT2D eigenvalue weighted by Gasteiger charge is 2.19. The van der Waals surface area contributed by atoms with Gasteiger partial charge in [-0.3, -0.25) is 4.90 Å². The summed E-state index contributed by atoms with van der Waals surface area (Å²) < 4.78 is 0.